The summed E-state index contributed by atoms with van der Waals surface area (Å²) in [6.07, 6.45) is 7.81. The smallest absolute Gasteiger partial charge is 0.225 e. The summed E-state index contributed by atoms with van der Waals surface area (Å²) >= 11 is 0. The predicted octanol–water partition coefficient (Wildman–Crippen LogP) is 2.13. The van der Waals surface area contributed by atoms with E-state index in [4.69, 9.17) is 0 Å². The van der Waals surface area contributed by atoms with Gasteiger partial charge in [0, 0.05) is 19.0 Å². The Balaban J connectivity index is 2.28. The summed E-state index contributed by atoms with van der Waals surface area (Å²) in [4.78, 5) is 23.7. The van der Waals surface area contributed by atoms with Crippen LogP contribution in [-0.4, -0.2) is 35.6 Å². The van der Waals surface area contributed by atoms with E-state index >= 15 is 0 Å². The Kier molecular flexibility index (Phi) is 9.13. The second-order valence-electron chi connectivity index (χ2n) is 6.46. The third-order valence-electron chi connectivity index (χ3n) is 4.42. The van der Waals surface area contributed by atoms with Crippen LogP contribution in [0, 0.1) is 5.92 Å². The second-order valence-corrected chi connectivity index (χ2v) is 6.46. The van der Waals surface area contributed by atoms with Gasteiger partial charge in [-0.05, 0) is 19.3 Å². The van der Waals surface area contributed by atoms with Crippen molar-refractivity contribution in [3.8, 4) is 0 Å². The van der Waals surface area contributed by atoms with Gasteiger partial charge in [-0.25, -0.2) is 0 Å². The van der Waals surface area contributed by atoms with Crippen molar-refractivity contribution < 1.29 is 14.7 Å². The molecule has 1 fully saturated rings. The van der Waals surface area contributed by atoms with Gasteiger partial charge in [-0.15, -0.1) is 0 Å². The number of hydrogen-bond donors (Lipinski definition) is 3. The summed E-state index contributed by atoms with van der Waals surface area (Å²) in [5.41, 5.74) is 0. The van der Waals surface area contributed by atoms with E-state index in [1.165, 1.54) is 19.3 Å². The molecule has 1 aliphatic rings. The summed E-state index contributed by atoms with van der Waals surface area (Å²) in [5, 5.41) is 15.9. The molecular weight excluding hydrogens is 280 g/mol. The average Bonchev–Trinajstić information content (AvgIpc) is 2.70. The van der Waals surface area contributed by atoms with Crippen molar-refractivity contribution in [1.82, 2.24) is 10.6 Å². The number of carbonyl (C=O) groups is 2. The fourth-order valence-electron chi connectivity index (χ4n) is 2.81. The SMILES string of the molecule is CCCCCCCC(O)C(C)C(=O)NC1CCCNC(=O)C1. The molecule has 3 unspecified atom stereocenters. The molecule has 1 heterocycles. The molecule has 0 spiro atoms. The van der Waals surface area contributed by atoms with Crippen LogP contribution in [0.3, 0.4) is 0 Å². The van der Waals surface area contributed by atoms with Crippen LogP contribution in [0.1, 0.15) is 71.6 Å². The summed E-state index contributed by atoms with van der Waals surface area (Å²) in [7, 11) is 0. The molecule has 22 heavy (non-hydrogen) atoms. The molecular formula is C17H32N2O3. The minimum atomic E-state index is -0.596. The standard InChI is InChI=1S/C17H32N2O3/c1-3-4-5-6-7-10-15(20)13(2)17(22)19-14-9-8-11-18-16(21)12-14/h13-15,20H,3-12H2,1-2H3,(H,18,21)(H,19,22). The van der Waals surface area contributed by atoms with Crippen molar-refractivity contribution in [2.75, 3.05) is 6.54 Å². The van der Waals surface area contributed by atoms with Crippen molar-refractivity contribution in [2.45, 2.75) is 83.8 Å². The molecule has 0 aromatic rings. The summed E-state index contributed by atoms with van der Waals surface area (Å²) < 4.78 is 0. The zero-order chi connectivity index (χ0) is 16.4. The van der Waals surface area contributed by atoms with Crippen LogP contribution in [0.2, 0.25) is 0 Å². The highest BCUT2D eigenvalue weighted by Crippen LogP contribution is 2.14. The van der Waals surface area contributed by atoms with E-state index in [0.29, 0.717) is 19.4 Å². The van der Waals surface area contributed by atoms with Gasteiger partial charge in [-0.2, -0.15) is 0 Å². The third-order valence-corrected chi connectivity index (χ3v) is 4.42. The molecule has 0 aliphatic carbocycles. The van der Waals surface area contributed by atoms with Crippen LogP contribution < -0.4 is 10.6 Å². The summed E-state index contributed by atoms with van der Waals surface area (Å²) in [5.74, 6) is -0.565. The van der Waals surface area contributed by atoms with Gasteiger partial charge in [-0.1, -0.05) is 46.0 Å². The van der Waals surface area contributed by atoms with Crippen molar-refractivity contribution in [3.63, 3.8) is 0 Å². The third kappa shape index (κ3) is 7.25. The quantitative estimate of drug-likeness (QED) is 0.571. The van der Waals surface area contributed by atoms with Crippen LogP contribution in [0.4, 0.5) is 0 Å². The number of carbonyl (C=O) groups excluding carboxylic acids is 2. The fraction of sp³-hybridized carbons (Fsp3) is 0.882. The lowest BCUT2D eigenvalue weighted by Gasteiger charge is -2.22. The van der Waals surface area contributed by atoms with Gasteiger partial charge in [0.25, 0.3) is 0 Å². The molecule has 1 rings (SSSR count). The molecule has 0 aromatic carbocycles. The van der Waals surface area contributed by atoms with Crippen molar-refractivity contribution >= 4 is 11.8 Å². The Hall–Kier alpha value is -1.10. The molecule has 1 saturated heterocycles. The zero-order valence-electron chi connectivity index (χ0n) is 14.1. The highest BCUT2D eigenvalue weighted by atomic mass is 16.3. The minimum absolute atomic E-state index is 0.00748. The van der Waals surface area contributed by atoms with Crippen LogP contribution in [0.25, 0.3) is 0 Å². The molecule has 128 valence electrons. The topological polar surface area (TPSA) is 78.4 Å². The second kappa shape index (κ2) is 10.6. The number of rotatable bonds is 9. The van der Waals surface area contributed by atoms with E-state index in [1.54, 1.807) is 6.92 Å². The highest BCUT2D eigenvalue weighted by Gasteiger charge is 2.25. The lowest BCUT2D eigenvalue weighted by molar-refractivity contribution is -0.129. The molecule has 0 radical (unpaired) electrons. The van der Waals surface area contributed by atoms with Gasteiger partial charge in [0.1, 0.15) is 0 Å². The van der Waals surface area contributed by atoms with E-state index < -0.39 is 12.0 Å². The molecule has 5 heteroatoms. The zero-order valence-corrected chi connectivity index (χ0v) is 14.1. The minimum Gasteiger partial charge on any atom is -0.392 e. The monoisotopic (exact) mass is 312 g/mol. The Morgan fingerprint density at radius 2 is 2.09 bits per heavy atom. The molecule has 0 aromatic heterocycles. The van der Waals surface area contributed by atoms with E-state index in [-0.39, 0.29) is 17.9 Å². The van der Waals surface area contributed by atoms with Gasteiger partial charge >= 0.3 is 0 Å². The van der Waals surface area contributed by atoms with Crippen molar-refractivity contribution in [3.05, 3.63) is 0 Å². The molecule has 3 N–H and O–H groups in total. The Bertz CT molecular complexity index is 347. The molecule has 5 nitrogen and oxygen atoms in total. The first kappa shape index (κ1) is 18.9. The Morgan fingerprint density at radius 1 is 1.36 bits per heavy atom. The number of hydrogen-bond acceptors (Lipinski definition) is 3. The number of nitrogens with one attached hydrogen (secondary N) is 2. The molecule has 3 atom stereocenters. The maximum atomic E-state index is 12.2. The molecule has 0 bridgehead atoms. The Labute approximate surface area is 134 Å². The van der Waals surface area contributed by atoms with Crippen LogP contribution in [-0.2, 0) is 9.59 Å². The lowest BCUT2D eigenvalue weighted by atomic mass is 9.97. The van der Waals surface area contributed by atoms with E-state index in [1.807, 2.05) is 0 Å². The number of amides is 2. The van der Waals surface area contributed by atoms with Gasteiger partial charge in [0.15, 0.2) is 0 Å². The Morgan fingerprint density at radius 3 is 2.82 bits per heavy atom. The highest BCUT2D eigenvalue weighted by molar-refractivity contribution is 5.81. The maximum Gasteiger partial charge on any atom is 0.225 e. The summed E-state index contributed by atoms with van der Waals surface area (Å²) in [6, 6.07) is -0.103. The van der Waals surface area contributed by atoms with Crippen molar-refractivity contribution in [1.29, 1.82) is 0 Å². The number of unbranched alkanes of at least 4 members (excludes halogenated alkanes) is 4. The van der Waals surface area contributed by atoms with Gasteiger partial charge in [0.2, 0.25) is 11.8 Å². The number of aliphatic hydroxyl groups excluding tert-OH is 1. The van der Waals surface area contributed by atoms with E-state index in [0.717, 1.165) is 25.7 Å². The van der Waals surface area contributed by atoms with Crippen LogP contribution in [0.5, 0.6) is 0 Å². The largest absolute Gasteiger partial charge is 0.392 e. The first-order valence-electron chi connectivity index (χ1n) is 8.79. The van der Waals surface area contributed by atoms with Gasteiger partial charge in [0.05, 0.1) is 12.0 Å². The molecule has 0 saturated carbocycles. The van der Waals surface area contributed by atoms with E-state index in [2.05, 4.69) is 17.6 Å². The van der Waals surface area contributed by atoms with Gasteiger partial charge in [-0.3, -0.25) is 9.59 Å². The van der Waals surface area contributed by atoms with Gasteiger partial charge < -0.3 is 15.7 Å². The normalized spacial score (nSPS) is 21.6. The lowest BCUT2D eigenvalue weighted by Crippen LogP contribution is -2.42. The molecule has 1 aliphatic heterocycles. The van der Waals surface area contributed by atoms with Crippen molar-refractivity contribution in [2.24, 2.45) is 5.92 Å². The first-order chi connectivity index (χ1) is 10.5. The average molecular weight is 312 g/mol. The molecule has 2 amide bonds. The van der Waals surface area contributed by atoms with Crippen LogP contribution in [0.15, 0.2) is 0 Å². The van der Waals surface area contributed by atoms with Crippen LogP contribution >= 0.6 is 0 Å². The maximum absolute atomic E-state index is 12.2. The first-order valence-corrected chi connectivity index (χ1v) is 8.79. The fourth-order valence-corrected chi connectivity index (χ4v) is 2.81. The van der Waals surface area contributed by atoms with E-state index in [9.17, 15) is 14.7 Å². The number of aliphatic hydroxyl groups is 1. The predicted molar refractivity (Wildman–Crippen MR) is 87.3 cm³/mol. The summed E-state index contributed by atoms with van der Waals surface area (Å²) in [6.45, 7) is 4.62.